The molecule has 0 heterocycles. The van der Waals surface area contributed by atoms with Crippen LogP contribution in [0.3, 0.4) is 0 Å². The van der Waals surface area contributed by atoms with Gasteiger partial charge in [-0.3, -0.25) is 0 Å². The molecule has 0 spiro atoms. The van der Waals surface area contributed by atoms with Crippen LogP contribution in [-0.2, 0) is 4.74 Å². The number of rotatable bonds is 6. The fourth-order valence-corrected chi connectivity index (χ4v) is 2.86. The lowest BCUT2D eigenvalue weighted by atomic mass is 9.98. The van der Waals surface area contributed by atoms with E-state index in [1.807, 2.05) is 12.1 Å². The third-order valence-electron chi connectivity index (χ3n) is 3.57. The van der Waals surface area contributed by atoms with Crippen LogP contribution in [0, 0.1) is 0 Å². The summed E-state index contributed by atoms with van der Waals surface area (Å²) in [5.74, 6) is 0. The van der Waals surface area contributed by atoms with Crippen molar-refractivity contribution in [1.82, 2.24) is 0 Å². The second-order valence-electron chi connectivity index (χ2n) is 5.11. The fourth-order valence-electron chi connectivity index (χ4n) is 2.52. The van der Waals surface area contributed by atoms with E-state index >= 15 is 0 Å². The molecule has 1 aliphatic carbocycles. The monoisotopic (exact) mass is 312 g/mol. The summed E-state index contributed by atoms with van der Waals surface area (Å²) in [5.41, 5.74) is 7.40. The molecule has 110 valence electrons. The highest BCUT2D eigenvalue weighted by atomic mass is 35.5. The summed E-state index contributed by atoms with van der Waals surface area (Å²) < 4.78 is 5.88. The Hall–Kier alpha value is -0.840. The van der Waals surface area contributed by atoms with Crippen molar-refractivity contribution in [2.45, 2.75) is 38.2 Å². The lowest BCUT2D eigenvalue weighted by Crippen LogP contribution is -2.21. The molecule has 0 saturated heterocycles. The molecule has 1 aromatic rings. The highest BCUT2D eigenvalue weighted by Gasteiger charge is 2.13. The van der Waals surface area contributed by atoms with Gasteiger partial charge < -0.3 is 15.8 Å². The Balaban J connectivity index is 1.80. The zero-order chi connectivity index (χ0) is 14.4. The average Bonchev–Trinajstić information content (AvgIpc) is 2.45. The Morgan fingerprint density at radius 2 is 2.10 bits per heavy atom. The van der Waals surface area contributed by atoms with Crippen LogP contribution in [0.25, 0.3) is 0 Å². The van der Waals surface area contributed by atoms with Gasteiger partial charge in [-0.2, -0.15) is 0 Å². The van der Waals surface area contributed by atoms with E-state index in [4.69, 9.17) is 34.3 Å². The van der Waals surface area contributed by atoms with Crippen LogP contribution in [0.2, 0.25) is 5.02 Å². The van der Waals surface area contributed by atoms with Crippen LogP contribution < -0.4 is 11.1 Å². The topological polar surface area (TPSA) is 47.3 Å². The van der Waals surface area contributed by atoms with E-state index < -0.39 is 0 Å². The molecular formula is C15H21ClN2OS. The molecule has 0 radical (unpaired) electrons. The molecule has 1 fully saturated rings. The number of ether oxygens (including phenoxy) is 1. The van der Waals surface area contributed by atoms with Gasteiger partial charge in [0, 0.05) is 22.8 Å². The summed E-state index contributed by atoms with van der Waals surface area (Å²) in [6, 6.07) is 5.51. The van der Waals surface area contributed by atoms with Crippen LogP contribution >= 0.6 is 23.8 Å². The summed E-state index contributed by atoms with van der Waals surface area (Å²) in [4.78, 5) is 0.350. The van der Waals surface area contributed by atoms with Crippen molar-refractivity contribution >= 4 is 34.5 Å². The smallest absolute Gasteiger partial charge is 0.106 e. The Morgan fingerprint density at radius 3 is 2.80 bits per heavy atom. The van der Waals surface area contributed by atoms with Crippen molar-refractivity contribution in [1.29, 1.82) is 0 Å². The van der Waals surface area contributed by atoms with Gasteiger partial charge in [0.05, 0.1) is 12.7 Å². The second-order valence-corrected chi connectivity index (χ2v) is 5.99. The zero-order valence-corrected chi connectivity index (χ0v) is 13.1. The molecular weight excluding hydrogens is 292 g/mol. The predicted molar refractivity (Wildman–Crippen MR) is 88.7 cm³/mol. The lowest BCUT2D eigenvalue weighted by Gasteiger charge is -2.22. The number of thiocarbonyl (C=S) groups is 1. The molecule has 0 unspecified atom stereocenters. The number of halogens is 1. The summed E-state index contributed by atoms with van der Waals surface area (Å²) in [5, 5.41) is 3.95. The molecule has 1 aliphatic rings. The van der Waals surface area contributed by atoms with Crippen molar-refractivity contribution < 1.29 is 4.74 Å². The Labute approximate surface area is 130 Å². The minimum absolute atomic E-state index is 0.350. The number of benzene rings is 1. The minimum Gasteiger partial charge on any atom is -0.389 e. The van der Waals surface area contributed by atoms with Crippen molar-refractivity contribution in [2.24, 2.45) is 5.73 Å². The van der Waals surface area contributed by atoms with E-state index in [1.165, 1.54) is 32.1 Å². The molecule has 0 bridgehead atoms. The molecule has 20 heavy (non-hydrogen) atoms. The summed E-state index contributed by atoms with van der Waals surface area (Å²) in [6.07, 6.45) is 6.76. The molecule has 0 amide bonds. The molecule has 2 rings (SSSR count). The number of hydrogen-bond donors (Lipinski definition) is 2. The van der Waals surface area contributed by atoms with Gasteiger partial charge in [0.2, 0.25) is 0 Å². The lowest BCUT2D eigenvalue weighted by molar-refractivity contribution is 0.0347. The number of nitrogens with one attached hydrogen (secondary N) is 1. The van der Waals surface area contributed by atoms with Gasteiger partial charge in [0.15, 0.2) is 0 Å². The first-order valence-corrected chi connectivity index (χ1v) is 7.90. The van der Waals surface area contributed by atoms with E-state index in [0.29, 0.717) is 22.7 Å². The van der Waals surface area contributed by atoms with Crippen LogP contribution in [0.4, 0.5) is 5.69 Å². The van der Waals surface area contributed by atoms with Crippen LogP contribution in [-0.4, -0.2) is 24.2 Å². The first-order chi connectivity index (χ1) is 9.66. The van der Waals surface area contributed by atoms with Crippen LogP contribution in [0.1, 0.15) is 37.7 Å². The van der Waals surface area contributed by atoms with Gasteiger partial charge >= 0.3 is 0 Å². The van der Waals surface area contributed by atoms with Crippen LogP contribution in [0.5, 0.6) is 0 Å². The van der Waals surface area contributed by atoms with Gasteiger partial charge in [-0.05, 0) is 31.0 Å². The Bertz CT molecular complexity index is 461. The largest absolute Gasteiger partial charge is 0.389 e. The van der Waals surface area contributed by atoms with E-state index in [0.717, 1.165) is 17.8 Å². The molecule has 5 heteroatoms. The molecule has 1 saturated carbocycles. The highest BCUT2D eigenvalue weighted by molar-refractivity contribution is 7.80. The third kappa shape index (κ3) is 4.62. The second kappa shape index (κ2) is 7.81. The maximum absolute atomic E-state index is 5.96. The summed E-state index contributed by atoms with van der Waals surface area (Å²) in [7, 11) is 0. The molecule has 0 aromatic heterocycles. The standard InChI is InChI=1S/C15H21ClN2OS/c16-11-6-7-14(13(10-11)15(17)20)18-8-9-19-12-4-2-1-3-5-12/h6-7,10,12,18H,1-5,8-9H2,(H2,17,20). The molecule has 3 nitrogen and oxygen atoms in total. The Kier molecular flexibility index (Phi) is 6.07. The predicted octanol–water partition coefficient (Wildman–Crippen LogP) is 3.74. The van der Waals surface area contributed by atoms with Gasteiger partial charge in [-0.25, -0.2) is 0 Å². The summed E-state index contributed by atoms with van der Waals surface area (Å²) in [6.45, 7) is 1.44. The first-order valence-electron chi connectivity index (χ1n) is 7.11. The average molecular weight is 313 g/mol. The van der Waals surface area contributed by atoms with Crippen molar-refractivity contribution in [3.05, 3.63) is 28.8 Å². The SMILES string of the molecule is NC(=S)c1cc(Cl)ccc1NCCOC1CCCCC1. The third-order valence-corrected chi connectivity index (χ3v) is 4.03. The maximum Gasteiger partial charge on any atom is 0.106 e. The minimum atomic E-state index is 0.350. The van der Waals surface area contributed by atoms with Crippen molar-refractivity contribution in [3.8, 4) is 0 Å². The molecule has 1 aromatic carbocycles. The van der Waals surface area contributed by atoms with E-state index in [2.05, 4.69) is 5.32 Å². The normalized spacial score (nSPS) is 16.1. The van der Waals surface area contributed by atoms with Gasteiger partial charge in [-0.15, -0.1) is 0 Å². The van der Waals surface area contributed by atoms with E-state index in [9.17, 15) is 0 Å². The van der Waals surface area contributed by atoms with Gasteiger partial charge in [0.1, 0.15) is 4.99 Å². The van der Waals surface area contributed by atoms with Gasteiger partial charge in [-0.1, -0.05) is 43.1 Å². The fraction of sp³-hybridized carbons (Fsp3) is 0.533. The molecule has 0 aliphatic heterocycles. The highest BCUT2D eigenvalue weighted by Crippen LogP contribution is 2.21. The van der Waals surface area contributed by atoms with E-state index in [1.54, 1.807) is 6.07 Å². The quantitative estimate of drug-likeness (QED) is 0.620. The zero-order valence-electron chi connectivity index (χ0n) is 11.5. The Morgan fingerprint density at radius 1 is 1.35 bits per heavy atom. The van der Waals surface area contributed by atoms with Crippen molar-refractivity contribution in [3.63, 3.8) is 0 Å². The van der Waals surface area contributed by atoms with Crippen molar-refractivity contribution in [2.75, 3.05) is 18.5 Å². The summed E-state index contributed by atoms with van der Waals surface area (Å²) >= 11 is 11.0. The molecule has 0 atom stereocenters. The number of nitrogens with two attached hydrogens (primary N) is 1. The van der Waals surface area contributed by atoms with Crippen LogP contribution in [0.15, 0.2) is 18.2 Å². The van der Waals surface area contributed by atoms with E-state index in [-0.39, 0.29) is 0 Å². The first kappa shape index (κ1) is 15.5. The van der Waals surface area contributed by atoms with Gasteiger partial charge in [0.25, 0.3) is 0 Å². The number of hydrogen-bond acceptors (Lipinski definition) is 3. The molecule has 3 N–H and O–H groups in total. The number of anilines is 1. The maximum atomic E-state index is 5.96.